The van der Waals surface area contributed by atoms with Gasteiger partial charge in [-0.1, -0.05) is 98.3 Å². The molecule has 0 aliphatic heterocycles. The number of benzene rings is 4. The Morgan fingerprint density at radius 1 is 0.789 bits per heavy atom. The SMILES string of the molecule is C=Cc1ccc(CCC2CC3CCCC(c4ccc(-n5c6ccccc6c6ccccc65)cc4)(C3)C2)cc1. The molecule has 7 rings (SSSR count). The van der Waals surface area contributed by atoms with Crippen molar-refractivity contribution in [3.8, 4) is 5.69 Å². The van der Waals surface area contributed by atoms with Gasteiger partial charge in [0, 0.05) is 16.5 Å². The van der Waals surface area contributed by atoms with Gasteiger partial charge >= 0.3 is 0 Å². The zero-order valence-corrected chi connectivity index (χ0v) is 22.3. The van der Waals surface area contributed by atoms with E-state index in [1.54, 1.807) is 5.56 Å². The molecular weight excluding hydrogens is 458 g/mol. The predicted octanol–water partition coefficient (Wildman–Crippen LogP) is 9.90. The number of aromatic nitrogens is 1. The average Bonchev–Trinajstić information content (AvgIpc) is 3.31. The van der Waals surface area contributed by atoms with Gasteiger partial charge in [0.25, 0.3) is 0 Å². The maximum atomic E-state index is 3.89. The lowest BCUT2D eigenvalue weighted by Gasteiger charge is -2.49. The van der Waals surface area contributed by atoms with Gasteiger partial charge < -0.3 is 4.57 Å². The highest BCUT2D eigenvalue weighted by Crippen LogP contribution is 2.53. The molecule has 1 heterocycles. The Balaban J connectivity index is 1.17. The fraction of sp³-hybridized carbons (Fsp3) is 0.297. The molecule has 2 fully saturated rings. The molecule has 190 valence electrons. The van der Waals surface area contributed by atoms with Crippen LogP contribution in [0.1, 0.15) is 61.6 Å². The van der Waals surface area contributed by atoms with Crippen molar-refractivity contribution >= 4 is 27.9 Å². The maximum Gasteiger partial charge on any atom is 0.0541 e. The number of rotatable bonds is 6. The Bertz CT molecular complexity index is 1530. The summed E-state index contributed by atoms with van der Waals surface area (Å²) in [6.45, 7) is 3.89. The molecule has 38 heavy (non-hydrogen) atoms. The summed E-state index contributed by atoms with van der Waals surface area (Å²) in [7, 11) is 0. The number of nitrogens with zero attached hydrogens (tertiary/aromatic N) is 1. The summed E-state index contributed by atoms with van der Waals surface area (Å²) >= 11 is 0. The fourth-order valence-corrected chi connectivity index (χ4v) is 7.94. The van der Waals surface area contributed by atoms with Gasteiger partial charge in [-0.05, 0) is 96.7 Å². The quantitative estimate of drug-likeness (QED) is 0.221. The molecule has 2 aliphatic carbocycles. The third-order valence-electron chi connectivity index (χ3n) is 9.67. The first-order valence-electron chi connectivity index (χ1n) is 14.5. The van der Waals surface area contributed by atoms with Gasteiger partial charge in [0.2, 0.25) is 0 Å². The summed E-state index contributed by atoms with van der Waals surface area (Å²) in [4.78, 5) is 0. The molecule has 1 nitrogen and oxygen atoms in total. The lowest BCUT2D eigenvalue weighted by molar-refractivity contribution is 0.0983. The van der Waals surface area contributed by atoms with E-state index < -0.39 is 0 Å². The smallest absolute Gasteiger partial charge is 0.0541 e. The van der Waals surface area contributed by atoms with Crippen molar-refractivity contribution in [2.45, 2.75) is 56.8 Å². The molecule has 1 heteroatoms. The van der Waals surface area contributed by atoms with E-state index in [2.05, 4.69) is 108 Å². The Hall–Kier alpha value is -3.58. The molecule has 0 N–H and O–H groups in total. The standard InChI is InChI=1S/C37H37N/c1-2-27-13-15-28(16-14-27)17-18-30-24-29-8-7-23-37(25-29,26-30)31-19-21-32(22-20-31)38-35-11-5-3-9-33(35)34-10-4-6-12-36(34)38/h2-6,9-16,19-22,29-30H,1,7-8,17-18,23-26H2. The molecule has 1 aromatic heterocycles. The summed E-state index contributed by atoms with van der Waals surface area (Å²) in [6, 6.07) is 36.3. The van der Waals surface area contributed by atoms with Crippen LogP contribution in [0.3, 0.4) is 0 Å². The molecule has 2 saturated carbocycles. The Kier molecular flexibility index (Phi) is 5.96. The van der Waals surface area contributed by atoms with E-state index in [9.17, 15) is 0 Å². The molecule has 2 aliphatic rings. The van der Waals surface area contributed by atoms with Crippen LogP contribution in [0.2, 0.25) is 0 Å². The second-order valence-corrected chi connectivity index (χ2v) is 11.9. The molecule has 0 radical (unpaired) electrons. The normalized spacial score (nSPS) is 23.1. The van der Waals surface area contributed by atoms with Crippen LogP contribution in [0, 0.1) is 11.8 Å². The number of hydrogen-bond acceptors (Lipinski definition) is 0. The molecule has 2 bridgehead atoms. The van der Waals surface area contributed by atoms with E-state index in [1.807, 2.05) is 6.08 Å². The third kappa shape index (κ3) is 4.09. The first kappa shape index (κ1) is 23.5. The van der Waals surface area contributed by atoms with Crippen molar-refractivity contribution in [1.82, 2.24) is 4.57 Å². The number of para-hydroxylation sites is 2. The van der Waals surface area contributed by atoms with Crippen molar-refractivity contribution < 1.29 is 0 Å². The second kappa shape index (κ2) is 9.62. The molecule has 5 aromatic rings. The van der Waals surface area contributed by atoms with E-state index in [4.69, 9.17) is 0 Å². The highest BCUT2D eigenvalue weighted by molar-refractivity contribution is 6.09. The molecule has 0 spiro atoms. The summed E-state index contributed by atoms with van der Waals surface area (Å²) in [5.41, 5.74) is 8.46. The van der Waals surface area contributed by atoms with E-state index in [-0.39, 0.29) is 0 Å². The number of hydrogen-bond donors (Lipinski definition) is 0. The Morgan fingerprint density at radius 3 is 2.16 bits per heavy atom. The van der Waals surface area contributed by atoms with E-state index >= 15 is 0 Å². The minimum atomic E-state index is 0.359. The zero-order chi connectivity index (χ0) is 25.5. The van der Waals surface area contributed by atoms with Crippen LogP contribution in [-0.4, -0.2) is 4.57 Å². The minimum absolute atomic E-state index is 0.359. The topological polar surface area (TPSA) is 4.93 Å². The first-order valence-corrected chi connectivity index (χ1v) is 14.5. The maximum absolute atomic E-state index is 3.89. The largest absolute Gasteiger partial charge is 0.309 e. The third-order valence-corrected chi connectivity index (χ3v) is 9.67. The van der Waals surface area contributed by atoms with Crippen molar-refractivity contribution in [2.24, 2.45) is 11.8 Å². The number of aryl methyl sites for hydroxylation is 1. The molecule has 3 unspecified atom stereocenters. The van der Waals surface area contributed by atoms with Crippen LogP contribution in [0.5, 0.6) is 0 Å². The second-order valence-electron chi connectivity index (χ2n) is 11.9. The Labute approximate surface area is 226 Å². The fourth-order valence-electron chi connectivity index (χ4n) is 7.94. The monoisotopic (exact) mass is 495 g/mol. The minimum Gasteiger partial charge on any atom is -0.309 e. The molecule has 4 aromatic carbocycles. The van der Waals surface area contributed by atoms with Crippen LogP contribution >= 0.6 is 0 Å². The molecule has 0 saturated heterocycles. The van der Waals surface area contributed by atoms with E-state index in [0.29, 0.717) is 5.41 Å². The van der Waals surface area contributed by atoms with Gasteiger partial charge in [-0.2, -0.15) is 0 Å². The van der Waals surface area contributed by atoms with Crippen molar-refractivity contribution in [3.05, 3.63) is 120 Å². The lowest BCUT2D eigenvalue weighted by Crippen LogP contribution is -2.40. The highest BCUT2D eigenvalue weighted by atomic mass is 15.0. The lowest BCUT2D eigenvalue weighted by atomic mass is 9.56. The number of fused-ring (bicyclic) bond motifs is 5. The highest BCUT2D eigenvalue weighted by Gasteiger charge is 2.43. The zero-order valence-electron chi connectivity index (χ0n) is 22.3. The van der Waals surface area contributed by atoms with Crippen molar-refractivity contribution in [3.63, 3.8) is 0 Å². The summed E-state index contributed by atoms with van der Waals surface area (Å²) in [6.07, 6.45) is 12.7. The van der Waals surface area contributed by atoms with Gasteiger partial charge in [0.15, 0.2) is 0 Å². The van der Waals surface area contributed by atoms with Crippen LogP contribution in [0.25, 0.3) is 33.6 Å². The van der Waals surface area contributed by atoms with Crippen molar-refractivity contribution in [1.29, 1.82) is 0 Å². The summed E-state index contributed by atoms with van der Waals surface area (Å²) < 4.78 is 2.44. The summed E-state index contributed by atoms with van der Waals surface area (Å²) in [5, 5.41) is 2.66. The first-order chi connectivity index (χ1) is 18.7. The summed E-state index contributed by atoms with van der Waals surface area (Å²) in [5.74, 6) is 1.72. The van der Waals surface area contributed by atoms with Gasteiger partial charge in [-0.15, -0.1) is 0 Å². The molecular formula is C37H37N. The van der Waals surface area contributed by atoms with Crippen molar-refractivity contribution in [2.75, 3.05) is 0 Å². The molecule has 3 atom stereocenters. The van der Waals surface area contributed by atoms with Gasteiger partial charge in [0.1, 0.15) is 0 Å². The van der Waals surface area contributed by atoms with Gasteiger partial charge in [-0.3, -0.25) is 0 Å². The van der Waals surface area contributed by atoms with Crippen LogP contribution < -0.4 is 0 Å². The van der Waals surface area contributed by atoms with Crippen LogP contribution in [-0.2, 0) is 11.8 Å². The predicted molar refractivity (Wildman–Crippen MR) is 162 cm³/mol. The average molecular weight is 496 g/mol. The van der Waals surface area contributed by atoms with E-state index in [1.165, 1.54) is 90.0 Å². The van der Waals surface area contributed by atoms with E-state index in [0.717, 1.165) is 11.8 Å². The Morgan fingerprint density at radius 2 is 1.47 bits per heavy atom. The molecule has 0 amide bonds. The van der Waals surface area contributed by atoms with Gasteiger partial charge in [-0.25, -0.2) is 0 Å². The van der Waals surface area contributed by atoms with Crippen LogP contribution in [0.15, 0.2) is 104 Å². The van der Waals surface area contributed by atoms with Gasteiger partial charge in [0.05, 0.1) is 11.0 Å². The van der Waals surface area contributed by atoms with Crippen LogP contribution in [0.4, 0.5) is 0 Å².